The van der Waals surface area contributed by atoms with E-state index in [9.17, 15) is 4.79 Å². The Hall–Kier alpha value is -1.61. The van der Waals surface area contributed by atoms with Crippen LogP contribution in [0.15, 0.2) is 60.7 Å². The Morgan fingerprint density at radius 2 is 1.67 bits per heavy atom. The molecule has 108 valence electrons. The number of carbonyl (C=O) groups is 1. The summed E-state index contributed by atoms with van der Waals surface area (Å²) in [6, 6.07) is 20.3. The average molecular weight is 345 g/mol. The maximum atomic E-state index is 12.3. The highest BCUT2D eigenvalue weighted by molar-refractivity contribution is 9.10. The molecule has 0 N–H and O–H groups in total. The topological polar surface area (TPSA) is 26.3 Å². The number of ether oxygens (including phenoxy) is 1. The summed E-state index contributed by atoms with van der Waals surface area (Å²) in [4.78, 5) is 12.3. The van der Waals surface area contributed by atoms with Crippen LogP contribution in [-0.4, -0.2) is 12.6 Å². The summed E-state index contributed by atoms with van der Waals surface area (Å²) >= 11 is 3.84. The molecule has 0 spiro atoms. The lowest BCUT2D eigenvalue weighted by Crippen LogP contribution is -2.12. The lowest BCUT2D eigenvalue weighted by atomic mass is 10.0. The zero-order valence-corrected chi connectivity index (χ0v) is 13.4. The van der Waals surface area contributed by atoms with E-state index in [0.717, 1.165) is 11.1 Å². The molecular weight excluding hydrogens is 328 g/mol. The molecule has 0 radical (unpaired) electrons. The van der Waals surface area contributed by atoms with Crippen LogP contribution in [0.1, 0.15) is 24.0 Å². The molecule has 1 fully saturated rings. The quantitative estimate of drug-likeness (QED) is 0.612. The summed E-state index contributed by atoms with van der Waals surface area (Å²) in [5.74, 6) is -0.200. The van der Waals surface area contributed by atoms with Crippen molar-refractivity contribution in [3.8, 4) is 0 Å². The normalized spacial score (nSPS) is 27.1. The van der Waals surface area contributed by atoms with Gasteiger partial charge in [-0.2, -0.15) is 0 Å². The van der Waals surface area contributed by atoms with E-state index in [1.54, 1.807) is 0 Å². The zero-order chi connectivity index (χ0) is 14.9. The molecule has 1 saturated carbocycles. The highest BCUT2D eigenvalue weighted by Crippen LogP contribution is 2.70. The van der Waals surface area contributed by atoms with Crippen LogP contribution in [0, 0.1) is 5.92 Å². The molecule has 3 unspecified atom stereocenters. The molecule has 2 aromatic rings. The standard InChI is InChI=1S/C18H17BrO2/c1-2-21-17(20)16-15(13-9-5-3-6-10-13)18(16,19)14-11-7-4-8-12-14/h3-12,15-16H,2H2,1H3. The minimum atomic E-state index is -0.359. The summed E-state index contributed by atoms with van der Waals surface area (Å²) in [5, 5.41) is 0. The molecule has 0 aliphatic heterocycles. The van der Waals surface area contributed by atoms with Crippen LogP contribution in [0.5, 0.6) is 0 Å². The van der Waals surface area contributed by atoms with Crippen molar-refractivity contribution >= 4 is 21.9 Å². The fourth-order valence-corrected chi connectivity index (χ4v) is 4.16. The van der Waals surface area contributed by atoms with Gasteiger partial charge in [-0.3, -0.25) is 4.79 Å². The first kappa shape index (κ1) is 14.3. The van der Waals surface area contributed by atoms with Gasteiger partial charge in [0, 0.05) is 5.92 Å². The van der Waals surface area contributed by atoms with Crippen LogP contribution < -0.4 is 0 Å². The Bertz CT molecular complexity index is 626. The average Bonchev–Trinajstić information content (AvgIpc) is 3.17. The third-order valence-electron chi connectivity index (χ3n) is 4.04. The number of rotatable bonds is 4. The molecule has 3 heteroatoms. The fourth-order valence-electron chi connectivity index (χ4n) is 3.05. The van der Waals surface area contributed by atoms with Gasteiger partial charge in [-0.1, -0.05) is 76.6 Å². The molecule has 3 rings (SSSR count). The van der Waals surface area contributed by atoms with E-state index < -0.39 is 0 Å². The van der Waals surface area contributed by atoms with Crippen molar-refractivity contribution in [1.82, 2.24) is 0 Å². The Morgan fingerprint density at radius 3 is 2.24 bits per heavy atom. The van der Waals surface area contributed by atoms with Gasteiger partial charge in [0.1, 0.15) is 0 Å². The Morgan fingerprint density at radius 1 is 1.10 bits per heavy atom. The first-order valence-electron chi connectivity index (χ1n) is 7.15. The summed E-state index contributed by atoms with van der Waals surface area (Å²) in [5.41, 5.74) is 2.29. The second-order valence-electron chi connectivity index (χ2n) is 5.25. The van der Waals surface area contributed by atoms with E-state index in [1.165, 1.54) is 0 Å². The first-order valence-corrected chi connectivity index (χ1v) is 7.95. The number of halogens is 1. The fraction of sp³-hybridized carbons (Fsp3) is 0.278. The van der Waals surface area contributed by atoms with Crippen LogP contribution >= 0.6 is 15.9 Å². The van der Waals surface area contributed by atoms with Crippen molar-refractivity contribution in [2.45, 2.75) is 17.2 Å². The number of benzene rings is 2. The SMILES string of the molecule is CCOC(=O)C1C(c2ccccc2)C1(Br)c1ccccc1. The number of hydrogen-bond donors (Lipinski definition) is 0. The van der Waals surface area contributed by atoms with Crippen molar-refractivity contribution in [1.29, 1.82) is 0 Å². The Balaban J connectivity index is 1.99. The maximum absolute atomic E-state index is 12.3. The lowest BCUT2D eigenvalue weighted by Gasteiger charge is -2.10. The van der Waals surface area contributed by atoms with Gasteiger partial charge in [0.15, 0.2) is 0 Å². The predicted molar refractivity (Wildman–Crippen MR) is 86.4 cm³/mol. The molecule has 3 atom stereocenters. The third kappa shape index (κ3) is 2.40. The van der Waals surface area contributed by atoms with Crippen molar-refractivity contribution in [2.75, 3.05) is 6.61 Å². The Kier molecular flexibility index (Phi) is 3.85. The van der Waals surface area contributed by atoms with Gasteiger partial charge >= 0.3 is 5.97 Å². The molecule has 2 aromatic carbocycles. The van der Waals surface area contributed by atoms with E-state index in [0.29, 0.717) is 6.61 Å². The smallest absolute Gasteiger partial charge is 0.311 e. The molecule has 2 nitrogen and oxygen atoms in total. The summed E-state index contributed by atoms with van der Waals surface area (Å²) in [7, 11) is 0. The van der Waals surface area contributed by atoms with E-state index in [2.05, 4.69) is 40.2 Å². The van der Waals surface area contributed by atoms with E-state index in [1.807, 2.05) is 43.3 Å². The molecule has 0 heterocycles. The van der Waals surface area contributed by atoms with Crippen molar-refractivity contribution in [3.05, 3.63) is 71.8 Å². The molecule has 0 amide bonds. The van der Waals surface area contributed by atoms with Gasteiger partial charge in [-0.15, -0.1) is 0 Å². The van der Waals surface area contributed by atoms with Crippen LogP contribution in [-0.2, 0) is 13.9 Å². The van der Waals surface area contributed by atoms with Crippen molar-refractivity contribution in [3.63, 3.8) is 0 Å². The molecule has 1 aliphatic carbocycles. The third-order valence-corrected chi connectivity index (χ3v) is 5.49. The number of alkyl halides is 1. The molecule has 0 aromatic heterocycles. The lowest BCUT2D eigenvalue weighted by molar-refractivity contribution is -0.145. The van der Waals surface area contributed by atoms with Crippen LogP contribution in [0.3, 0.4) is 0 Å². The predicted octanol–water partition coefficient (Wildman–Crippen LogP) is 4.25. The van der Waals surface area contributed by atoms with Crippen LogP contribution in [0.2, 0.25) is 0 Å². The van der Waals surface area contributed by atoms with Gasteiger partial charge in [-0.25, -0.2) is 0 Å². The zero-order valence-electron chi connectivity index (χ0n) is 11.8. The monoisotopic (exact) mass is 344 g/mol. The maximum Gasteiger partial charge on any atom is 0.311 e. The minimum absolute atomic E-state index is 0.111. The van der Waals surface area contributed by atoms with E-state index in [-0.39, 0.29) is 22.1 Å². The first-order chi connectivity index (χ1) is 10.2. The largest absolute Gasteiger partial charge is 0.466 e. The van der Waals surface area contributed by atoms with Gasteiger partial charge in [0.2, 0.25) is 0 Å². The number of esters is 1. The molecule has 21 heavy (non-hydrogen) atoms. The van der Waals surface area contributed by atoms with E-state index >= 15 is 0 Å². The van der Waals surface area contributed by atoms with Gasteiger partial charge in [0.05, 0.1) is 16.8 Å². The van der Waals surface area contributed by atoms with Gasteiger partial charge in [0.25, 0.3) is 0 Å². The molecule has 0 saturated heterocycles. The second-order valence-corrected chi connectivity index (χ2v) is 6.56. The molecule has 1 aliphatic rings. The minimum Gasteiger partial charge on any atom is -0.466 e. The summed E-state index contributed by atoms with van der Waals surface area (Å²) in [6.07, 6.45) is 0. The van der Waals surface area contributed by atoms with Crippen molar-refractivity contribution < 1.29 is 9.53 Å². The molecular formula is C18H17BrO2. The van der Waals surface area contributed by atoms with Crippen LogP contribution in [0.25, 0.3) is 0 Å². The highest BCUT2D eigenvalue weighted by atomic mass is 79.9. The highest BCUT2D eigenvalue weighted by Gasteiger charge is 2.69. The van der Waals surface area contributed by atoms with E-state index in [4.69, 9.17) is 4.74 Å². The van der Waals surface area contributed by atoms with Gasteiger partial charge < -0.3 is 4.74 Å². The summed E-state index contributed by atoms with van der Waals surface area (Å²) in [6.45, 7) is 2.25. The molecule has 0 bridgehead atoms. The number of hydrogen-bond acceptors (Lipinski definition) is 2. The Labute approximate surface area is 133 Å². The van der Waals surface area contributed by atoms with Crippen LogP contribution in [0.4, 0.5) is 0 Å². The summed E-state index contributed by atoms with van der Waals surface area (Å²) < 4.78 is 4.91. The van der Waals surface area contributed by atoms with Gasteiger partial charge in [-0.05, 0) is 18.1 Å². The second kappa shape index (κ2) is 5.64. The van der Waals surface area contributed by atoms with Crippen molar-refractivity contribution in [2.24, 2.45) is 5.92 Å². The number of carbonyl (C=O) groups excluding carboxylic acids is 1.